The topological polar surface area (TPSA) is 43.2 Å². The summed E-state index contributed by atoms with van der Waals surface area (Å²) in [5.41, 5.74) is 1.87. The number of oxime groups is 2. The molecule has 0 aromatic rings. The Morgan fingerprint density at radius 3 is 2.17 bits per heavy atom. The molecule has 4 heteroatoms. The van der Waals surface area contributed by atoms with Crippen molar-refractivity contribution in [1.29, 1.82) is 0 Å². The van der Waals surface area contributed by atoms with E-state index in [1.807, 2.05) is 13.8 Å². The van der Waals surface area contributed by atoms with Gasteiger partial charge in [-0.05, 0) is 13.3 Å². The molecule has 0 rings (SSSR count). The predicted molar refractivity (Wildman–Crippen MR) is 49.5 cm³/mol. The first kappa shape index (κ1) is 10.9. The summed E-state index contributed by atoms with van der Waals surface area (Å²) >= 11 is 0. The third-order valence-electron chi connectivity index (χ3n) is 1.34. The highest BCUT2D eigenvalue weighted by Gasteiger charge is 2.00. The van der Waals surface area contributed by atoms with Crippen molar-refractivity contribution in [3.63, 3.8) is 0 Å². The standard InChI is InChI=1S/C8H16N2O2/c1-5-8(10-12-4)6-7(2)9-11-3/h5-6H2,1-4H3/b9-7+,10-8+. The molecule has 0 bridgehead atoms. The van der Waals surface area contributed by atoms with Crippen LogP contribution >= 0.6 is 0 Å². The van der Waals surface area contributed by atoms with Crippen molar-refractivity contribution in [2.24, 2.45) is 10.3 Å². The first-order chi connectivity index (χ1) is 5.74. The van der Waals surface area contributed by atoms with Gasteiger partial charge in [-0.25, -0.2) is 0 Å². The van der Waals surface area contributed by atoms with Gasteiger partial charge in [-0.2, -0.15) is 0 Å². The number of rotatable bonds is 5. The van der Waals surface area contributed by atoms with E-state index >= 15 is 0 Å². The summed E-state index contributed by atoms with van der Waals surface area (Å²) in [6.07, 6.45) is 1.57. The van der Waals surface area contributed by atoms with Gasteiger partial charge in [0.1, 0.15) is 14.2 Å². The molecule has 4 nitrogen and oxygen atoms in total. The summed E-state index contributed by atoms with van der Waals surface area (Å²) in [4.78, 5) is 9.29. The Hall–Kier alpha value is -1.06. The molecule has 0 saturated carbocycles. The van der Waals surface area contributed by atoms with Crippen LogP contribution in [0.25, 0.3) is 0 Å². The monoisotopic (exact) mass is 172 g/mol. The molecule has 0 spiro atoms. The van der Waals surface area contributed by atoms with Crippen LogP contribution < -0.4 is 0 Å². The van der Waals surface area contributed by atoms with E-state index in [4.69, 9.17) is 0 Å². The van der Waals surface area contributed by atoms with Crippen LogP contribution in [0.3, 0.4) is 0 Å². The third kappa shape index (κ3) is 4.71. The minimum Gasteiger partial charge on any atom is -0.399 e. The lowest BCUT2D eigenvalue weighted by Crippen LogP contribution is -2.04. The minimum atomic E-state index is 0.707. The smallest absolute Gasteiger partial charge is 0.106 e. The Labute approximate surface area is 73.2 Å². The molecular weight excluding hydrogens is 156 g/mol. The number of nitrogens with zero attached hydrogens (tertiary/aromatic N) is 2. The fourth-order valence-corrected chi connectivity index (χ4v) is 0.834. The molecule has 0 fully saturated rings. The predicted octanol–water partition coefficient (Wildman–Crippen LogP) is 1.81. The van der Waals surface area contributed by atoms with Crippen LogP contribution in [0.1, 0.15) is 26.7 Å². The van der Waals surface area contributed by atoms with E-state index in [0.717, 1.165) is 17.8 Å². The van der Waals surface area contributed by atoms with Gasteiger partial charge < -0.3 is 9.68 Å². The zero-order valence-electron chi connectivity index (χ0n) is 8.13. The van der Waals surface area contributed by atoms with Crippen LogP contribution in [0.5, 0.6) is 0 Å². The first-order valence-corrected chi connectivity index (χ1v) is 3.90. The van der Waals surface area contributed by atoms with Crippen molar-refractivity contribution in [3.05, 3.63) is 0 Å². The number of hydrogen-bond donors (Lipinski definition) is 0. The summed E-state index contributed by atoms with van der Waals surface area (Å²) in [5, 5.41) is 7.62. The fraction of sp³-hybridized carbons (Fsp3) is 0.750. The van der Waals surface area contributed by atoms with E-state index in [1.165, 1.54) is 7.11 Å². The SMILES string of the molecule is CC/C(C/C(C)=N/OC)=N\OC. The van der Waals surface area contributed by atoms with E-state index in [-0.39, 0.29) is 0 Å². The summed E-state index contributed by atoms with van der Waals surface area (Å²) < 4.78 is 0. The average Bonchev–Trinajstić information content (AvgIpc) is 2.04. The molecule has 70 valence electrons. The van der Waals surface area contributed by atoms with Gasteiger partial charge >= 0.3 is 0 Å². The highest BCUT2D eigenvalue weighted by Crippen LogP contribution is 1.96. The normalized spacial score (nSPS) is 13.0. The second-order valence-corrected chi connectivity index (χ2v) is 2.38. The Morgan fingerprint density at radius 1 is 1.17 bits per heavy atom. The van der Waals surface area contributed by atoms with Crippen LogP contribution in [0.15, 0.2) is 10.3 Å². The summed E-state index contributed by atoms with van der Waals surface area (Å²) in [7, 11) is 3.07. The quantitative estimate of drug-likeness (QED) is 0.469. The summed E-state index contributed by atoms with van der Waals surface area (Å²) in [6, 6.07) is 0. The lowest BCUT2D eigenvalue weighted by atomic mass is 10.1. The van der Waals surface area contributed by atoms with Gasteiger partial charge in [0.05, 0.1) is 11.4 Å². The number of hydrogen-bond acceptors (Lipinski definition) is 4. The van der Waals surface area contributed by atoms with Gasteiger partial charge in [-0.3, -0.25) is 0 Å². The minimum absolute atomic E-state index is 0.707. The van der Waals surface area contributed by atoms with Crippen LogP contribution in [0.2, 0.25) is 0 Å². The molecule has 0 amide bonds. The summed E-state index contributed by atoms with van der Waals surface area (Å²) in [5.74, 6) is 0. The van der Waals surface area contributed by atoms with Gasteiger partial charge in [0.25, 0.3) is 0 Å². The summed E-state index contributed by atoms with van der Waals surface area (Å²) in [6.45, 7) is 3.92. The van der Waals surface area contributed by atoms with Crippen molar-refractivity contribution in [3.8, 4) is 0 Å². The highest BCUT2D eigenvalue weighted by molar-refractivity contribution is 6.02. The van der Waals surface area contributed by atoms with Crippen LogP contribution in [0, 0.1) is 0 Å². The van der Waals surface area contributed by atoms with E-state index in [0.29, 0.717) is 6.42 Å². The molecule has 0 aliphatic carbocycles. The zero-order valence-corrected chi connectivity index (χ0v) is 8.13. The van der Waals surface area contributed by atoms with Crippen molar-refractivity contribution in [2.75, 3.05) is 14.2 Å². The maximum absolute atomic E-state index is 4.67. The van der Waals surface area contributed by atoms with Crippen molar-refractivity contribution in [2.45, 2.75) is 26.7 Å². The fourth-order valence-electron chi connectivity index (χ4n) is 0.834. The lowest BCUT2D eigenvalue weighted by Gasteiger charge is -2.00. The Bertz CT molecular complexity index is 176. The van der Waals surface area contributed by atoms with Gasteiger partial charge in [0, 0.05) is 6.42 Å². The molecule has 0 radical (unpaired) electrons. The molecule has 0 heterocycles. The van der Waals surface area contributed by atoms with Crippen LogP contribution in [-0.4, -0.2) is 25.6 Å². The van der Waals surface area contributed by atoms with Crippen LogP contribution in [0.4, 0.5) is 0 Å². The molecule has 0 aromatic heterocycles. The van der Waals surface area contributed by atoms with E-state index in [9.17, 15) is 0 Å². The highest BCUT2D eigenvalue weighted by atomic mass is 16.6. The average molecular weight is 172 g/mol. The van der Waals surface area contributed by atoms with Gasteiger partial charge in [-0.1, -0.05) is 17.2 Å². The molecule has 0 unspecified atom stereocenters. The maximum Gasteiger partial charge on any atom is 0.106 e. The Balaban J connectivity index is 4.02. The first-order valence-electron chi connectivity index (χ1n) is 3.90. The molecule has 0 aliphatic rings. The molecule has 12 heavy (non-hydrogen) atoms. The van der Waals surface area contributed by atoms with Crippen LogP contribution in [-0.2, 0) is 9.68 Å². The van der Waals surface area contributed by atoms with Gasteiger partial charge in [0.2, 0.25) is 0 Å². The Morgan fingerprint density at radius 2 is 1.75 bits per heavy atom. The van der Waals surface area contributed by atoms with Crippen molar-refractivity contribution < 1.29 is 9.68 Å². The van der Waals surface area contributed by atoms with Crippen molar-refractivity contribution >= 4 is 11.4 Å². The molecule has 0 aliphatic heterocycles. The molecule has 0 saturated heterocycles. The van der Waals surface area contributed by atoms with Crippen molar-refractivity contribution in [1.82, 2.24) is 0 Å². The lowest BCUT2D eigenvalue weighted by molar-refractivity contribution is 0.210. The van der Waals surface area contributed by atoms with E-state index in [1.54, 1.807) is 7.11 Å². The molecule has 0 atom stereocenters. The molecule has 0 aromatic carbocycles. The second-order valence-electron chi connectivity index (χ2n) is 2.38. The van der Waals surface area contributed by atoms with E-state index in [2.05, 4.69) is 20.0 Å². The molecular formula is C8H16N2O2. The second kappa shape index (κ2) is 6.64. The maximum atomic E-state index is 4.67. The third-order valence-corrected chi connectivity index (χ3v) is 1.34. The van der Waals surface area contributed by atoms with Gasteiger partial charge in [0.15, 0.2) is 0 Å². The zero-order chi connectivity index (χ0) is 9.40. The molecule has 0 N–H and O–H groups in total. The van der Waals surface area contributed by atoms with Gasteiger partial charge in [-0.15, -0.1) is 0 Å². The van der Waals surface area contributed by atoms with E-state index < -0.39 is 0 Å². The Kier molecular flexibility index (Phi) is 6.05. The largest absolute Gasteiger partial charge is 0.399 e.